The first-order chi connectivity index (χ1) is 8.09. The topological polar surface area (TPSA) is 92.4 Å². The normalized spacial score (nSPS) is 23.6. The molecular formula is C11H14N2O4. The van der Waals surface area contributed by atoms with Gasteiger partial charge < -0.3 is 14.9 Å². The molecule has 1 heterocycles. The van der Waals surface area contributed by atoms with Gasteiger partial charge in [0, 0.05) is 11.6 Å². The Morgan fingerprint density at radius 1 is 1.53 bits per heavy atom. The summed E-state index contributed by atoms with van der Waals surface area (Å²) in [5, 5.41) is 15.2. The predicted molar refractivity (Wildman–Crippen MR) is 57.5 cm³/mol. The number of aromatic nitrogens is 1. The van der Waals surface area contributed by atoms with Gasteiger partial charge in [0.25, 0.3) is 5.91 Å². The largest absolute Gasteiger partial charge is 0.481 e. The Balaban J connectivity index is 2.04. The number of carbonyl (C=O) groups is 2. The Morgan fingerprint density at radius 3 is 2.88 bits per heavy atom. The number of hydrogen-bond acceptors (Lipinski definition) is 4. The van der Waals surface area contributed by atoms with E-state index in [1.54, 1.807) is 6.92 Å². The number of carbonyl (C=O) groups excluding carboxylic acids is 1. The zero-order valence-corrected chi connectivity index (χ0v) is 9.47. The summed E-state index contributed by atoms with van der Waals surface area (Å²) >= 11 is 0. The van der Waals surface area contributed by atoms with Crippen molar-refractivity contribution in [1.29, 1.82) is 0 Å². The summed E-state index contributed by atoms with van der Waals surface area (Å²) in [7, 11) is 0. The number of amides is 1. The van der Waals surface area contributed by atoms with Crippen molar-refractivity contribution < 1.29 is 19.2 Å². The van der Waals surface area contributed by atoms with Crippen molar-refractivity contribution in [2.75, 3.05) is 0 Å². The van der Waals surface area contributed by atoms with Crippen molar-refractivity contribution in [1.82, 2.24) is 10.5 Å². The lowest BCUT2D eigenvalue weighted by Gasteiger charge is -2.16. The van der Waals surface area contributed by atoms with Gasteiger partial charge in [-0.2, -0.15) is 0 Å². The number of hydrogen-bond donors (Lipinski definition) is 2. The van der Waals surface area contributed by atoms with Crippen LogP contribution in [0.2, 0.25) is 0 Å². The minimum atomic E-state index is -0.859. The second-order valence-electron chi connectivity index (χ2n) is 4.29. The van der Waals surface area contributed by atoms with Crippen molar-refractivity contribution >= 4 is 11.9 Å². The lowest BCUT2D eigenvalue weighted by Crippen LogP contribution is -2.40. The molecule has 2 atom stereocenters. The molecule has 1 fully saturated rings. The van der Waals surface area contributed by atoms with E-state index in [0.717, 1.165) is 6.42 Å². The van der Waals surface area contributed by atoms with E-state index in [9.17, 15) is 9.59 Å². The molecular weight excluding hydrogens is 224 g/mol. The molecule has 1 aliphatic carbocycles. The van der Waals surface area contributed by atoms with Crippen molar-refractivity contribution in [3.05, 3.63) is 17.5 Å². The summed E-state index contributed by atoms with van der Waals surface area (Å²) in [4.78, 5) is 22.8. The molecule has 2 rings (SSSR count). The molecule has 0 aliphatic heterocycles. The van der Waals surface area contributed by atoms with Gasteiger partial charge in [0.05, 0.1) is 12.1 Å². The highest BCUT2D eigenvalue weighted by atomic mass is 16.5. The van der Waals surface area contributed by atoms with Crippen LogP contribution in [0.4, 0.5) is 0 Å². The van der Waals surface area contributed by atoms with Crippen LogP contribution in [0.25, 0.3) is 0 Å². The molecule has 1 amide bonds. The minimum absolute atomic E-state index is 0.154. The van der Waals surface area contributed by atoms with E-state index >= 15 is 0 Å². The van der Waals surface area contributed by atoms with Crippen molar-refractivity contribution in [2.24, 2.45) is 5.92 Å². The minimum Gasteiger partial charge on any atom is -0.481 e. The lowest BCUT2D eigenvalue weighted by molar-refractivity contribution is -0.142. The summed E-state index contributed by atoms with van der Waals surface area (Å²) in [5.74, 6) is -1.59. The van der Waals surface area contributed by atoms with Crippen LogP contribution in [0.3, 0.4) is 0 Å². The maximum atomic E-state index is 11.8. The van der Waals surface area contributed by atoms with Crippen LogP contribution >= 0.6 is 0 Å². The van der Waals surface area contributed by atoms with Crippen molar-refractivity contribution in [3.8, 4) is 0 Å². The second-order valence-corrected chi connectivity index (χ2v) is 4.29. The van der Waals surface area contributed by atoms with Crippen molar-refractivity contribution in [2.45, 2.75) is 32.2 Å². The molecule has 0 bridgehead atoms. The first kappa shape index (κ1) is 11.6. The van der Waals surface area contributed by atoms with Gasteiger partial charge in [-0.3, -0.25) is 9.59 Å². The highest BCUT2D eigenvalue weighted by molar-refractivity contribution is 5.93. The summed E-state index contributed by atoms with van der Waals surface area (Å²) in [6, 6.07) is -0.315. The second kappa shape index (κ2) is 4.57. The van der Waals surface area contributed by atoms with E-state index in [2.05, 4.69) is 10.5 Å². The molecule has 2 unspecified atom stereocenters. The van der Waals surface area contributed by atoms with Crippen LogP contribution in [-0.2, 0) is 4.79 Å². The van der Waals surface area contributed by atoms with Gasteiger partial charge >= 0.3 is 5.97 Å². The first-order valence-corrected chi connectivity index (χ1v) is 5.54. The predicted octanol–water partition coefficient (Wildman–Crippen LogP) is 0.966. The van der Waals surface area contributed by atoms with E-state index in [1.807, 2.05) is 0 Å². The van der Waals surface area contributed by atoms with Crippen LogP contribution in [0.15, 0.2) is 10.7 Å². The number of nitrogens with zero attached hydrogens (tertiary/aromatic N) is 1. The molecule has 1 saturated carbocycles. The van der Waals surface area contributed by atoms with Crippen LogP contribution < -0.4 is 5.32 Å². The fraction of sp³-hybridized carbons (Fsp3) is 0.545. The van der Waals surface area contributed by atoms with Crippen molar-refractivity contribution in [3.63, 3.8) is 0 Å². The third-order valence-corrected chi connectivity index (χ3v) is 3.10. The van der Waals surface area contributed by atoms with E-state index in [0.29, 0.717) is 18.4 Å². The standard InChI is InChI=1S/C11H14N2O4/c1-6-5-12-17-9(6)10(14)13-8-4-2-3-7(8)11(15)16/h5,7-8H,2-4H2,1H3,(H,13,14)(H,15,16). The molecule has 0 saturated heterocycles. The summed E-state index contributed by atoms with van der Waals surface area (Å²) in [6.45, 7) is 1.72. The Bertz CT molecular complexity index is 440. The van der Waals surface area contributed by atoms with Gasteiger partial charge in [0.15, 0.2) is 0 Å². The maximum Gasteiger partial charge on any atom is 0.308 e. The first-order valence-electron chi connectivity index (χ1n) is 5.54. The fourth-order valence-corrected chi connectivity index (χ4v) is 2.17. The molecule has 1 aromatic rings. The molecule has 6 heteroatoms. The molecule has 1 aromatic heterocycles. The summed E-state index contributed by atoms with van der Waals surface area (Å²) < 4.78 is 4.82. The number of nitrogens with one attached hydrogen (secondary N) is 1. The van der Waals surface area contributed by atoms with Crippen LogP contribution in [-0.4, -0.2) is 28.2 Å². The monoisotopic (exact) mass is 238 g/mol. The van der Waals surface area contributed by atoms with Gasteiger partial charge in [-0.05, 0) is 19.8 Å². The van der Waals surface area contributed by atoms with Gasteiger partial charge in [-0.15, -0.1) is 0 Å². The third kappa shape index (κ3) is 2.30. The molecule has 6 nitrogen and oxygen atoms in total. The Morgan fingerprint density at radius 2 is 2.29 bits per heavy atom. The number of aliphatic carboxylic acids is 1. The molecule has 0 aromatic carbocycles. The number of aryl methyl sites for hydroxylation is 1. The Labute approximate surface area is 98.0 Å². The van der Waals surface area contributed by atoms with E-state index in [4.69, 9.17) is 9.63 Å². The van der Waals surface area contributed by atoms with Crippen LogP contribution in [0, 0.1) is 12.8 Å². The van der Waals surface area contributed by atoms with Gasteiger partial charge in [-0.25, -0.2) is 0 Å². The van der Waals surface area contributed by atoms with Gasteiger partial charge in [0.1, 0.15) is 0 Å². The highest BCUT2D eigenvalue weighted by Crippen LogP contribution is 2.26. The zero-order chi connectivity index (χ0) is 12.4. The smallest absolute Gasteiger partial charge is 0.308 e. The van der Waals surface area contributed by atoms with Crippen LogP contribution in [0.1, 0.15) is 35.4 Å². The zero-order valence-electron chi connectivity index (χ0n) is 9.47. The van der Waals surface area contributed by atoms with E-state index < -0.39 is 17.8 Å². The molecule has 2 N–H and O–H groups in total. The highest BCUT2D eigenvalue weighted by Gasteiger charge is 2.34. The SMILES string of the molecule is Cc1cnoc1C(=O)NC1CCCC1C(=O)O. The Hall–Kier alpha value is -1.85. The molecule has 92 valence electrons. The Kier molecular flexibility index (Phi) is 3.12. The number of carboxylic acid groups (broad SMARTS) is 1. The van der Waals surface area contributed by atoms with E-state index in [1.165, 1.54) is 6.20 Å². The molecule has 0 spiro atoms. The van der Waals surface area contributed by atoms with Gasteiger partial charge in [-0.1, -0.05) is 11.6 Å². The van der Waals surface area contributed by atoms with Crippen LogP contribution in [0.5, 0.6) is 0 Å². The summed E-state index contributed by atoms with van der Waals surface area (Å²) in [5.41, 5.74) is 0.646. The molecule has 0 radical (unpaired) electrons. The average Bonchev–Trinajstić information content (AvgIpc) is 2.86. The molecule has 17 heavy (non-hydrogen) atoms. The third-order valence-electron chi connectivity index (χ3n) is 3.10. The maximum absolute atomic E-state index is 11.8. The lowest BCUT2D eigenvalue weighted by atomic mass is 10.0. The van der Waals surface area contributed by atoms with E-state index in [-0.39, 0.29) is 11.8 Å². The fourth-order valence-electron chi connectivity index (χ4n) is 2.17. The summed E-state index contributed by atoms with van der Waals surface area (Å²) in [6.07, 6.45) is 3.57. The quantitative estimate of drug-likeness (QED) is 0.818. The van der Waals surface area contributed by atoms with Gasteiger partial charge in [0.2, 0.25) is 5.76 Å². The number of carboxylic acids is 1. The number of rotatable bonds is 3. The average molecular weight is 238 g/mol. The molecule has 1 aliphatic rings.